The Labute approximate surface area is 156 Å². The molecule has 24 heavy (non-hydrogen) atoms. The Kier molecular flexibility index (Phi) is 6.87. The van der Waals surface area contributed by atoms with E-state index in [0.29, 0.717) is 5.11 Å². The molecule has 0 heterocycles. The number of nitrogens with one attached hydrogen (secondary N) is 2. The third-order valence-corrected chi connectivity index (χ3v) is 4.70. The van der Waals surface area contributed by atoms with E-state index >= 15 is 0 Å². The zero-order valence-electron chi connectivity index (χ0n) is 14.0. The molecule has 0 saturated heterocycles. The zero-order valence-corrected chi connectivity index (χ0v) is 16.4. The van der Waals surface area contributed by atoms with Gasteiger partial charge in [-0.3, -0.25) is 0 Å². The quantitative estimate of drug-likeness (QED) is 0.697. The van der Waals surface area contributed by atoms with Crippen LogP contribution in [0.15, 0.2) is 40.9 Å². The number of anilines is 1. The van der Waals surface area contributed by atoms with Crippen molar-refractivity contribution >= 4 is 38.9 Å². The number of aryl methyl sites for hydroxylation is 1. The Morgan fingerprint density at radius 2 is 1.83 bits per heavy atom. The van der Waals surface area contributed by atoms with Crippen LogP contribution >= 0.6 is 28.1 Å². The third-order valence-electron chi connectivity index (χ3n) is 3.56. The van der Waals surface area contributed by atoms with Gasteiger partial charge in [-0.2, -0.15) is 0 Å². The number of rotatable bonds is 6. The van der Waals surface area contributed by atoms with Gasteiger partial charge >= 0.3 is 0 Å². The van der Waals surface area contributed by atoms with Crippen LogP contribution < -0.4 is 20.1 Å². The lowest BCUT2D eigenvalue weighted by atomic mass is 10.1. The summed E-state index contributed by atoms with van der Waals surface area (Å²) in [4.78, 5) is 0. The molecule has 0 aliphatic heterocycles. The summed E-state index contributed by atoms with van der Waals surface area (Å²) in [5.74, 6) is 1.47. The number of methoxy groups -OCH3 is 2. The van der Waals surface area contributed by atoms with E-state index in [4.69, 9.17) is 21.7 Å². The molecule has 2 aromatic rings. The molecule has 0 amide bonds. The van der Waals surface area contributed by atoms with Gasteiger partial charge in [0.1, 0.15) is 0 Å². The van der Waals surface area contributed by atoms with E-state index < -0.39 is 0 Å². The van der Waals surface area contributed by atoms with Crippen molar-refractivity contribution in [1.29, 1.82) is 0 Å². The van der Waals surface area contributed by atoms with Gasteiger partial charge in [-0.25, -0.2) is 0 Å². The van der Waals surface area contributed by atoms with Crippen LogP contribution in [0.4, 0.5) is 5.69 Å². The largest absolute Gasteiger partial charge is 0.493 e. The lowest BCUT2D eigenvalue weighted by molar-refractivity contribution is 0.354. The maximum Gasteiger partial charge on any atom is 0.170 e. The summed E-state index contributed by atoms with van der Waals surface area (Å²) in [5, 5.41) is 7.02. The Balaban J connectivity index is 1.85. The van der Waals surface area contributed by atoms with E-state index in [9.17, 15) is 0 Å². The van der Waals surface area contributed by atoms with E-state index in [2.05, 4.69) is 26.6 Å². The molecule has 0 atom stereocenters. The molecule has 2 N–H and O–H groups in total. The van der Waals surface area contributed by atoms with Crippen molar-refractivity contribution in [3.05, 3.63) is 52.0 Å². The second kappa shape index (κ2) is 8.89. The van der Waals surface area contributed by atoms with Crippen LogP contribution in [0, 0.1) is 6.92 Å². The minimum atomic E-state index is 0.609. The van der Waals surface area contributed by atoms with E-state index in [1.165, 1.54) is 0 Å². The van der Waals surface area contributed by atoms with Crippen LogP contribution in [0.3, 0.4) is 0 Å². The first-order valence-corrected chi connectivity index (χ1v) is 8.75. The van der Waals surface area contributed by atoms with Crippen LogP contribution in [0.25, 0.3) is 0 Å². The molecule has 0 unspecified atom stereocenters. The van der Waals surface area contributed by atoms with Crippen molar-refractivity contribution < 1.29 is 9.47 Å². The number of ether oxygens (including phenoxy) is 2. The average Bonchev–Trinajstić information content (AvgIpc) is 2.58. The summed E-state index contributed by atoms with van der Waals surface area (Å²) < 4.78 is 11.6. The minimum absolute atomic E-state index is 0.609. The van der Waals surface area contributed by atoms with Gasteiger partial charge in [-0.1, -0.05) is 22.0 Å². The standard InChI is InChI=1S/C18H21BrN2O2S/c1-12-10-14(5-6-15(12)19)21-18(24)20-9-8-13-4-7-16(22-2)17(11-13)23-3/h4-7,10-11H,8-9H2,1-3H3,(H2,20,21,24). The molecule has 0 aliphatic rings. The van der Waals surface area contributed by atoms with Crippen LogP contribution in [0.2, 0.25) is 0 Å². The van der Waals surface area contributed by atoms with Gasteiger partial charge in [0.15, 0.2) is 16.6 Å². The van der Waals surface area contributed by atoms with E-state index in [0.717, 1.165) is 45.8 Å². The topological polar surface area (TPSA) is 42.5 Å². The molecule has 0 bridgehead atoms. The first-order valence-electron chi connectivity index (χ1n) is 7.55. The Morgan fingerprint density at radius 3 is 2.50 bits per heavy atom. The number of benzene rings is 2. The van der Waals surface area contributed by atoms with Crippen molar-refractivity contribution in [3.8, 4) is 11.5 Å². The van der Waals surface area contributed by atoms with Crippen molar-refractivity contribution in [2.45, 2.75) is 13.3 Å². The third kappa shape index (κ3) is 5.11. The van der Waals surface area contributed by atoms with Crippen LogP contribution in [0.5, 0.6) is 11.5 Å². The van der Waals surface area contributed by atoms with Crippen molar-refractivity contribution in [2.75, 3.05) is 26.1 Å². The maximum absolute atomic E-state index is 5.34. The highest BCUT2D eigenvalue weighted by Crippen LogP contribution is 2.27. The van der Waals surface area contributed by atoms with E-state index in [1.807, 2.05) is 43.3 Å². The summed E-state index contributed by atoms with van der Waals surface area (Å²) in [6, 6.07) is 12.0. The fourth-order valence-electron chi connectivity index (χ4n) is 2.25. The van der Waals surface area contributed by atoms with Crippen molar-refractivity contribution in [1.82, 2.24) is 5.32 Å². The van der Waals surface area contributed by atoms with Crippen LogP contribution in [-0.4, -0.2) is 25.9 Å². The summed E-state index contributed by atoms with van der Waals surface area (Å²) in [5.41, 5.74) is 3.29. The Morgan fingerprint density at radius 1 is 1.08 bits per heavy atom. The molecular formula is C18H21BrN2O2S. The van der Waals surface area contributed by atoms with Crippen molar-refractivity contribution in [2.24, 2.45) is 0 Å². The number of thiocarbonyl (C=S) groups is 1. The monoisotopic (exact) mass is 408 g/mol. The highest BCUT2D eigenvalue weighted by molar-refractivity contribution is 9.10. The fourth-order valence-corrected chi connectivity index (χ4v) is 2.72. The number of halogens is 1. The smallest absolute Gasteiger partial charge is 0.170 e. The van der Waals surface area contributed by atoms with Gasteiger partial charge in [0.05, 0.1) is 14.2 Å². The van der Waals surface area contributed by atoms with Crippen LogP contribution in [-0.2, 0) is 6.42 Å². The zero-order chi connectivity index (χ0) is 17.5. The number of hydrogen-bond acceptors (Lipinski definition) is 3. The molecule has 0 spiro atoms. The van der Waals surface area contributed by atoms with E-state index in [1.54, 1.807) is 14.2 Å². The van der Waals surface area contributed by atoms with Gasteiger partial charge in [-0.05, 0) is 67.0 Å². The average molecular weight is 409 g/mol. The molecule has 6 heteroatoms. The highest BCUT2D eigenvalue weighted by Gasteiger charge is 2.05. The predicted molar refractivity (Wildman–Crippen MR) is 106 cm³/mol. The summed E-state index contributed by atoms with van der Waals surface area (Å²) in [6.07, 6.45) is 0.835. The SMILES string of the molecule is COc1ccc(CCNC(=S)Nc2ccc(Br)c(C)c2)cc1OC. The first kappa shape index (κ1) is 18.5. The molecule has 0 aliphatic carbocycles. The van der Waals surface area contributed by atoms with Gasteiger partial charge in [-0.15, -0.1) is 0 Å². The van der Waals surface area contributed by atoms with Gasteiger partial charge in [0.2, 0.25) is 0 Å². The summed E-state index contributed by atoms with van der Waals surface area (Å²) in [6.45, 7) is 2.78. The summed E-state index contributed by atoms with van der Waals surface area (Å²) >= 11 is 8.83. The van der Waals surface area contributed by atoms with E-state index in [-0.39, 0.29) is 0 Å². The predicted octanol–water partition coefficient (Wildman–Crippen LogP) is 4.30. The van der Waals surface area contributed by atoms with Crippen LogP contribution in [0.1, 0.15) is 11.1 Å². The van der Waals surface area contributed by atoms with Crippen molar-refractivity contribution in [3.63, 3.8) is 0 Å². The van der Waals surface area contributed by atoms with Gasteiger partial charge in [0, 0.05) is 16.7 Å². The maximum atomic E-state index is 5.34. The fraction of sp³-hybridized carbons (Fsp3) is 0.278. The molecule has 0 aromatic heterocycles. The molecule has 2 aromatic carbocycles. The number of hydrogen-bond donors (Lipinski definition) is 2. The molecule has 4 nitrogen and oxygen atoms in total. The summed E-state index contributed by atoms with van der Waals surface area (Å²) in [7, 11) is 3.27. The lowest BCUT2D eigenvalue weighted by Gasteiger charge is -2.12. The molecule has 0 saturated carbocycles. The second-order valence-corrected chi connectivity index (χ2v) is 6.55. The lowest BCUT2D eigenvalue weighted by Crippen LogP contribution is -2.30. The van der Waals surface area contributed by atoms with Gasteiger partial charge in [0.25, 0.3) is 0 Å². The normalized spacial score (nSPS) is 10.2. The molecular weight excluding hydrogens is 388 g/mol. The highest BCUT2D eigenvalue weighted by atomic mass is 79.9. The molecule has 0 fully saturated rings. The first-order chi connectivity index (χ1) is 11.5. The Bertz CT molecular complexity index is 722. The molecule has 2 rings (SSSR count). The molecule has 0 radical (unpaired) electrons. The Hall–Kier alpha value is -1.79. The second-order valence-electron chi connectivity index (χ2n) is 5.28. The minimum Gasteiger partial charge on any atom is -0.493 e. The molecule has 128 valence electrons. The van der Waals surface area contributed by atoms with Gasteiger partial charge < -0.3 is 20.1 Å².